The van der Waals surface area contributed by atoms with E-state index < -0.39 is 10.0 Å². The molecule has 1 aromatic rings. The van der Waals surface area contributed by atoms with Crippen LogP contribution in [0.2, 0.25) is 0 Å². The highest BCUT2D eigenvalue weighted by Gasteiger charge is 2.31. The predicted molar refractivity (Wildman–Crippen MR) is 85.3 cm³/mol. The molecule has 3 aliphatic rings. The Hall–Kier alpha value is -1.11. The van der Waals surface area contributed by atoms with Crippen molar-refractivity contribution in [2.45, 2.75) is 24.7 Å². The summed E-state index contributed by atoms with van der Waals surface area (Å²) in [5.74, 6) is 0.445. The maximum Gasteiger partial charge on any atom is 0.276 e. The number of benzene rings is 1. The standard InChI is InChI=1S/C14H19N3O2S.ClH/c1-11-2-4-13(5-3-11)20(18,19)16-15-14-10-17-8-6-12(14)7-9-17;/h2-5,12,16H,6-10H2,1H3;1H/b15-14+;. The van der Waals surface area contributed by atoms with Gasteiger partial charge in [0.15, 0.2) is 0 Å². The molecule has 7 heteroatoms. The minimum Gasteiger partial charge on any atom is -0.298 e. The Balaban J connectivity index is 0.00000161. The molecule has 1 aromatic carbocycles. The lowest BCUT2D eigenvalue weighted by Crippen LogP contribution is -2.48. The van der Waals surface area contributed by atoms with Crippen molar-refractivity contribution >= 4 is 28.1 Å². The van der Waals surface area contributed by atoms with Gasteiger partial charge in [-0.1, -0.05) is 17.7 Å². The van der Waals surface area contributed by atoms with Crippen LogP contribution in [-0.4, -0.2) is 38.7 Å². The Morgan fingerprint density at radius 1 is 1.19 bits per heavy atom. The zero-order chi connectivity index (χ0) is 14.2. The second-order valence-corrected chi connectivity index (χ2v) is 7.22. The largest absolute Gasteiger partial charge is 0.298 e. The van der Waals surface area contributed by atoms with E-state index in [1.165, 1.54) is 0 Å². The molecule has 0 aliphatic carbocycles. The summed E-state index contributed by atoms with van der Waals surface area (Å²) >= 11 is 0. The number of sulfonamides is 1. The summed E-state index contributed by atoms with van der Waals surface area (Å²) in [7, 11) is -3.55. The third-order valence-corrected chi connectivity index (χ3v) is 5.31. The molecule has 0 saturated carbocycles. The highest BCUT2D eigenvalue weighted by atomic mass is 35.5. The van der Waals surface area contributed by atoms with Gasteiger partial charge in [-0.3, -0.25) is 4.90 Å². The Bertz CT molecular complexity index is 620. The monoisotopic (exact) mass is 329 g/mol. The van der Waals surface area contributed by atoms with Crippen LogP contribution in [0.5, 0.6) is 0 Å². The van der Waals surface area contributed by atoms with Crippen LogP contribution < -0.4 is 4.83 Å². The SMILES string of the molecule is Cc1ccc(S(=O)(=O)N/N=C2\CN3CCC2CC3)cc1.Cl. The first-order valence-corrected chi connectivity index (χ1v) is 8.40. The quantitative estimate of drug-likeness (QED) is 0.860. The molecule has 0 atom stereocenters. The van der Waals surface area contributed by atoms with Gasteiger partial charge in [-0.05, 0) is 45.0 Å². The van der Waals surface area contributed by atoms with Crippen LogP contribution in [0.1, 0.15) is 18.4 Å². The maximum absolute atomic E-state index is 12.2. The van der Waals surface area contributed by atoms with Crippen molar-refractivity contribution in [3.8, 4) is 0 Å². The van der Waals surface area contributed by atoms with Gasteiger partial charge in [0.05, 0.1) is 10.6 Å². The van der Waals surface area contributed by atoms with E-state index >= 15 is 0 Å². The molecular formula is C14H20ClN3O2S. The Labute approximate surface area is 131 Å². The molecule has 116 valence electrons. The molecule has 4 rings (SSSR count). The second-order valence-electron chi connectivity index (χ2n) is 5.56. The van der Waals surface area contributed by atoms with Gasteiger partial charge >= 0.3 is 0 Å². The summed E-state index contributed by atoms with van der Waals surface area (Å²) in [4.78, 5) is 4.96. The first-order valence-electron chi connectivity index (χ1n) is 6.92. The molecule has 3 saturated heterocycles. The van der Waals surface area contributed by atoms with Crippen LogP contribution in [0.3, 0.4) is 0 Å². The van der Waals surface area contributed by atoms with E-state index in [-0.39, 0.29) is 17.3 Å². The molecule has 0 unspecified atom stereocenters. The fraction of sp³-hybridized carbons (Fsp3) is 0.500. The lowest BCUT2D eigenvalue weighted by molar-refractivity contribution is 0.200. The average Bonchev–Trinajstić information content (AvgIpc) is 2.47. The van der Waals surface area contributed by atoms with Gasteiger partial charge in [0.2, 0.25) is 0 Å². The van der Waals surface area contributed by atoms with E-state index in [1.54, 1.807) is 24.3 Å². The molecule has 0 aromatic heterocycles. The van der Waals surface area contributed by atoms with Gasteiger partial charge in [-0.15, -0.1) is 12.4 Å². The zero-order valence-electron chi connectivity index (χ0n) is 11.9. The van der Waals surface area contributed by atoms with E-state index in [9.17, 15) is 8.42 Å². The summed E-state index contributed by atoms with van der Waals surface area (Å²) in [5.41, 5.74) is 2.01. The summed E-state index contributed by atoms with van der Waals surface area (Å²) < 4.78 is 24.3. The fourth-order valence-electron chi connectivity index (χ4n) is 2.80. The summed E-state index contributed by atoms with van der Waals surface area (Å²) in [6.45, 7) is 4.93. The van der Waals surface area contributed by atoms with Crippen LogP contribution in [0.25, 0.3) is 0 Å². The number of hydrogen-bond acceptors (Lipinski definition) is 4. The lowest BCUT2D eigenvalue weighted by atomic mass is 9.87. The van der Waals surface area contributed by atoms with E-state index in [0.717, 1.165) is 43.8 Å². The number of hydrazone groups is 1. The number of halogens is 1. The summed E-state index contributed by atoms with van der Waals surface area (Å²) in [6, 6.07) is 6.79. The predicted octanol–water partition coefficient (Wildman–Crippen LogP) is 1.78. The van der Waals surface area contributed by atoms with Crippen LogP contribution in [0.4, 0.5) is 0 Å². The number of nitrogens with one attached hydrogen (secondary N) is 1. The first-order chi connectivity index (χ1) is 9.54. The van der Waals surface area contributed by atoms with E-state index in [1.807, 2.05) is 6.92 Å². The molecule has 2 bridgehead atoms. The Morgan fingerprint density at radius 2 is 1.81 bits per heavy atom. The van der Waals surface area contributed by atoms with Crippen molar-refractivity contribution in [3.63, 3.8) is 0 Å². The van der Waals surface area contributed by atoms with Crippen molar-refractivity contribution in [2.75, 3.05) is 19.6 Å². The number of nitrogens with zero attached hydrogens (tertiary/aromatic N) is 2. The van der Waals surface area contributed by atoms with Crippen LogP contribution in [-0.2, 0) is 10.0 Å². The third kappa shape index (κ3) is 3.56. The molecule has 21 heavy (non-hydrogen) atoms. The second kappa shape index (κ2) is 6.34. The number of fused-ring (bicyclic) bond motifs is 3. The topological polar surface area (TPSA) is 61.8 Å². The van der Waals surface area contributed by atoms with E-state index in [0.29, 0.717) is 5.92 Å². The molecule has 3 aliphatic heterocycles. The number of aryl methyl sites for hydroxylation is 1. The van der Waals surface area contributed by atoms with Crippen molar-refractivity contribution in [1.82, 2.24) is 9.73 Å². The van der Waals surface area contributed by atoms with Crippen LogP contribution >= 0.6 is 12.4 Å². The van der Waals surface area contributed by atoms with E-state index in [4.69, 9.17) is 0 Å². The molecule has 0 spiro atoms. The number of rotatable bonds is 3. The molecule has 0 amide bonds. The molecular weight excluding hydrogens is 310 g/mol. The average molecular weight is 330 g/mol. The van der Waals surface area contributed by atoms with Crippen LogP contribution in [0, 0.1) is 12.8 Å². The molecule has 0 radical (unpaired) electrons. The van der Waals surface area contributed by atoms with Gasteiger partial charge in [-0.2, -0.15) is 13.5 Å². The Kier molecular flexibility index (Phi) is 4.91. The zero-order valence-corrected chi connectivity index (χ0v) is 13.6. The lowest BCUT2D eigenvalue weighted by Gasteiger charge is -2.39. The van der Waals surface area contributed by atoms with Gasteiger partial charge in [0, 0.05) is 12.5 Å². The molecule has 5 nitrogen and oxygen atoms in total. The van der Waals surface area contributed by atoms with Gasteiger partial charge in [-0.25, -0.2) is 4.83 Å². The third-order valence-electron chi connectivity index (χ3n) is 4.09. The smallest absolute Gasteiger partial charge is 0.276 e. The van der Waals surface area contributed by atoms with E-state index in [2.05, 4.69) is 14.8 Å². The Morgan fingerprint density at radius 3 is 2.33 bits per heavy atom. The van der Waals surface area contributed by atoms with Gasteiger partial charge in [0.1, 0.15) is 0 Å². The van der Waals surface area contributed by atoms with Gasteiger partial charge < -0.3 is 0 Å². The molecule has 3 heterocycles. The number of hydrogen-bond donors (Lipinski definition) is 1. The van der Waals surface area contributed by atoms with Crippen molar-refractivity contribution < 1.29 is 8.42 Å². The summed E-state index contributed by atoms with van der Waals surface area (Å²) in [6.07, 6.45) is 2.18. The normalized spacial score (nSPS) is 26.4. The van der Waals surface area contributed by atoms with Gasteiger partial charge in [0.25, 0.3) is 10.0 Å². The highest BCUT2D eigenvalue weighted by molar-refractivity contribution is 7.89. The molecule has 3 fully saturated rings. The summed E-state index contributed by atoms with van der Waals surface area (Å²) in [5, 5.41) is 4.17. The fourth-order valence-corrected chi connectivity index (χ4v) is 3.64. The maximum atomic E-state index is 12.2. The van der Waals surface area contributed by atoms with Crippen molar-refractivity contribution in [3.05, 3.63) is 29.8 Å². The minimum absolute atomic E-state index is 0. The van der Waals surface area contributed by atoms with Crippen molar-refractivity contribution in [1.29, 1.82) is 0 Å². The molecule has 1 N–H and O–H groups in total. The highest BCUT2D eigenvalue weighted by Crippen LogP contribution is 2.25. The number of piperidine rings is 3. The van der Waals surface area contributed by atoms with Crippen molar-refractivity contribution in [2.24, 2.45) is 11.0 Å². The minimum atomic E-state index is -3.55. The van der Waals surface area contributed by atoms with Crippen LogP contribution in [0.15, 0.2) is 34.3 Å². The first kappa shape index (κ1) is 16.3.